The number of nitrogens with one attached hydrogen (secondary N) is 2. The minimum atomic E-state index is -0.376. The topological polar surface area (TPSA) is 70.7 Å². The molecule has 0 amide bonds. The van der Waals surface area contributed by atoms with E-state index in [1.54, 1.807) is 23.1 Å². The Morgan fingerprint density at radius 3 is 2.65 bits per heavy atom. The highest BCUT2D eigenvalue weighted by Gasteiger charge is 2.18. The van der Waals surface area contributed by atoms with Gasteiger partial charge in [-0.2, -0.15) is 4.98 Å². The van der Waals surface area contributed by atoms with E-state index in [0.29, 0.717) is 5.82 Å². The zero-order chi connectivity index (χ0) is 18.3. The summed E-state index contributed by atoms with van der Waals surface area (Å²) < 4.78 is 1.13. The Balaban J connectivity index is 1.86. The van der Waals surface area contributed by atoms with E-state index in [1.807, 2.05) is 36.4 Å². The monoisotopic (exact) mass is 382 g/mol. The second kappa shape index (κ2) is 6.41. The van der Waals surface area contributed by atoms with Crippen LogP contribution in [0.4, 0.5) is 10.9 Å². The predicted octanol–water partition coefficient (Wildman–Crippen LogP) is 5.17. The van der Waals surface area contributed by atoms with Crippen LogP contribution in [-0.4, -0.2) is 19.7 Å². The average Bonchev–Trinajstić information content (AvgIpc) is 2.95. The maximum Gasteiger partial charge on any atom is 0.347 e. The molecule has 0 saturated heterocycles. The molecule has 0 bridgehead atoms. The van der Waals surface area contributed by atoms with Gasteiger partial charge in [-0.25, -0.2) is 9.78 Å². The third kappa shape index (κ3) is 3.45. The number of benzene rings is 2. The van der Waals surface area contributed by atoms with Crippen molar-refractivity contribution in [3.05, 3.63) is 52.9 Å². The van der Waals surface area contributed by atoms with Gasteiger partial charge in [-0.3, -0.25) is 0 Å². The van der Waals surface area contributed by atoms with Gasteiger partial charge in [0.25, 0.3) is 0 Å². The molecule has 0 atom stereocenters. The molecule has 0 saturated carbocycles. The van der Waals surface area contributed by atoms with Crippen molar-refractivity contribution < 1.29 is 0 Å². The first-order valence-electron chi connectivity index (χ1n) is 8.24. The standard InChI is InChI=1S/C19H18N4OS2/c1-19(2,3)26-14-10-6-8-12-15(14)16(22-17(24)20-12)23-18-21-11-7-4-5-9-13(11)25-18/h4-10H,1-3H3,(H2,20,21,22,23,24). The molecule has 2 N–H and O–H groups in total. The molecule has 2 heterocycles. The second-order valence-electron chi connectivity index (χ2n) is 6.90. The van der Waals surface area contributed by atoms with Crippen molar-refractivity contribution in [3.63, 3.8) is 0 Å². The summed E-state index contributed by atoms with van der Waals surface area (Å²) in [5.41, 5.74) is 1.32. The minimum absolute atomic E-state index is 0.0392. The third-order valence-electron chi connectivity index (χ3n) is 3.65. The molecule has 0 spiro atoms. The largest absolute Gasteiger partial charge is 0.347 e. The molecule has 4 aromatic rings. The zero-order valence-corrected chi connectivity index (χ0v) is 16.3. The van der Waals surface area contributed by atoms with Crippen molar-refractivity contribution in [2.75, 3.05) is 5.32 Å². The third-order valence-corrected chi connectivity index (χ3v) is 5.78. The molecule has 0 unspecified atom stereocenters. The number of nitrogens with zero attached hydrogens (tertiary/aromatic N) is 2. The fraction of sp³-hybridized carbons (Fsp3) is 0.211. The summed E-state index contributed by atoms with van der Waals surface area (Å²) in [7, 11) is 0. The summed E-state index contributed by atoms with van der Waals surface area (Å²) >= 11 is 3.29. The van der Waals surface area contributed by atoms with Gasteiger partial charge in [0.2, 0.25) is 0 Å². The smallest absolute Gasteiger partial charge is 0.315 e. The van der Waals surface area contributed by atoms with Gasteiger partial charge in [-0.15, -0.1) is 11.8 Å². The number of aromatic amines is 1. The van der Waals surface area contributed by atoms with E-state index in [1.165, 1.54) is 0 Å². The molecule has 132 valence electrons. The first-order valence-corrected chi connectivity index (χ1v) is 9.87. The van der Waals surface area contributed by atoms with E-state index in [-0.39, 0.29) is 10.4 Å². The fourth-order valence-corrected chi connectivity index (χ4v) is 4.69. The molecule has 4 rings (SSSR count). The molecule has 0 aliphatic heterocycles. The van der Waals surface area contributed by atoms with Gasteiger partial charge in [-0.1, -0.05) is 50.3 Å². The Labute approximate surface area is 158 Å². The van der Waals surface area contributed by atoms with Crippen LogP contribution >= 0.6 is 23.1 Å². The van der Waals surface area contributed by atoms with Gasteiger partial charge >= 0.3 is 5.69 Å². The van der Waals surface area contributed by atoms with Gasteiger partial charge in [0.15, 0.2) is 5.13 Å². The van der Waals surface area contributed by atoms with Gasteiger partial charge in [-0.05, 0) is 24.3 Å². The molecular formula is C19H18N4OS2. The summed E-state index contributed by atoms with van der Waals surface area (Å²) in [6.45, 7) is 6.49. The molecular weight excluding hydrogens is 364 g/mol. The maximum atomic E-state index is 12.0. The Bertz CT molecular complexity index is 1120. The highest BCUT2D eigenvalue weighted by Crippen LogP contribution is 2.39. The van der Waals surface area contributed by atoms with Gasteiger partial charge in [0.1, 0.15) is 5.82 Å². The first-order chi connectivity index (χ1) is 12.4. The van der Waals surface area contributed by atoms with Gasteiger partial charge in [0, 0.05) is 9.64 Å². The molecule has 0 aliphatic rings. The lowest BCUT2D eigenvalue weighted by atomic mass is 10.2. The molecule has 0 fully saturated rings. The van der Waals surface area contributed by atoms with Crippen LogP contribution in [0, 0.1) is 0 Å². The van der Waals surface area contributed by atoms with Gasteiger partial charge < -0.3 is 10.3 Å². The highest BCUT2D eigenvalue weighted by atomic mass is 32.2. The number of aromatic nitrogens is 3. The highest BCUT2D eigenvalue weighted by molar-refractivity contribution is 8.00. The van der Waals surface area contributed by atoms with E-state index in [4.69, 9.17) is 0 Å². The summed E-state index contributed by atoms with van der Waals surface area (Å²) in [4.78, 5) is 24.7. The van der Waals surface area contributed by atoms with Crippen molar-refractivity contribution in [1.82, 2.24) is 15.0 Å². The van der Waals surface area contributed by atoms with Crippen LogP contribution < -0.4 is 11.0 Å². The fourth-order valence-electron chi connectivity index (χ4n) is 2.71. The van der Waals surface area contributed by atoms with Crippen LogP contribution in [-0.2, 0) is 0 Å². The number of thiazole rings is 1. The van der Waals surface area contributed by atoms with Crippen molar-refractivity contribution in [2.24, 2.45) is 0 Å². The Hall–Kier alpha value is -2.38. The SMILES string of the molecule is CC(C)(C)Sc1cccc2[nH]c(=O)nc(Nc3nc4ccccc4s3)c12. The molecule has 0 aliphatic carbocycles. The Morgan fingerprint density at radius 2 is 1.88 bits per heavy atom. The Morgan fingerprint density at radius 1 is 1.08 bits per heavy atom. The number of fused-ring (bicyclic) bond motifs is 2. The number of hydrogen-bond donors (Lipinski definition) is 2. The van der Waals surface area contributed by atoms with Gasteiger partial charge in [0.05, 0.1) is 21.1 Å². The molecule has 5 nitrogen and oxygen atoms in total. The average molecular weight is 383 g/mol. The molecule has 26 heavy (non-hydrogen) atoms. The zero-order valence-electron chi connectivity index (χ0n) is 14.7. The van der Waals surface area contributed by atoms with E-state index in [2.05, 4.69) is 47.1 Å². The molecule has 2 aromatic carbocycles. The normalized spacial score (nSPS) is 12.0. The van der Waals surface area contributed by atoms with Crippen LogP contribution in [0.1, 0.15) is 20.8 Å². The Kier molecular flexibility index (Phi) is 4.20. The second-order valence-corrected chi connectivity index (χ2v) is 9.79. The molecule has 2 aromatic heterocycles. The minimum Gasteiger partial charge on any atom is -0.315 e. The molecule has 7 heteroatoms. The van der Waals surface area contributed by atoms with E-state index in [9.17, 15) is 4.79 Å². The number of thioether (sulfide) groups is 1. The quantitative estimate of drug-likeness (QED) is 0.479. The van der Waals surface area contributed by atoms with Crippen LogP contribution in [0.15, 0.2) is 52.2 Å². The van der Waals surface area contributed by atoms with Crippen LogP contribution in [0.3, 0.4) is 0 Å². The number of H-pyrrole nitrogens is 1. The lowest BCUT2D eigenvalue weighted by Gasteiger charge is -2.19. The summed E-state index contributed by atoms with van der Waals surface area (Å²) in [6, 6.07) is 13.9. The van der Waals surface area contributed by atoms with Crippen LogP contribution in [0.2, 0.25) is 0 Å². The van der Waals surface area contributed by atoms with E-state index >= 15 is 0 Å². The maximum absolute atomic E-state index is 12.0. The van der Waals surface area contributed by atoms with Crippen molar-refractivity contribution in [1.29, 1.82) is 0 Å². The van der Waals surface area contributed by atoms with Crippen molar-refractivity contribution in [2.45, 2.75) is 30.4 Å². The first kappa shape index (κ1) is 17.1. The number of anilines is 2. The lowest BCUT2D eigenvalue weighted by molar-refractivity contribution is 0.803. The van der Waals surface area contributed by atoms with Crippen molar-refractivity contribution in [3.8, 4) is 0 Å². The summed E-state index contributed by atoms with van der Waals surface area (Å²) in [5.74, 6) is 0.537. The number of para-hydroxylation sites is 1. The summed E-state index contributed by atoms with van der Waals surface area (Å²) in [5, 5.41) is 4.90. The van der Waals surface area contributed by atoms with Crippen LogP contribution in [0.5, 0.6) is 0 Å². The lowest BCUT2D eigenvalue weighted by Crippen LogP contribution is -2.13. The van der Waals surface area contributed by atoms with Crippen LogP contribution in [0.25, 0.3) is 21.1 Å². The predicted molar refractivity (Wildman–Crippen MR) is 111 cm³/mol. The number of rotatable bonds is 3. The van der Waals surface area contributed by atoms with E-state index < -0.39 is 0 Å². The van der Waals surface area contributed by atoms with E-state index in [0.717, 1.165) is 31.1 Å². The number of hydrogen-bond acceptors (Lipinski definition) is 6. The molecule has 0 radical (unpaired) electrons. The summed E-state index contributed by atoms with van der Waals surface area (Å²) in [6.07, 6.45) is 0. The van der Waals surface area contributed by atoms with Crippen molar-refractivity contribution >= 4 is 55.2 Å².